The molecule has 1 aromatic rings. The van der Waals surface area contributed by atoms with Gasteiger partial charge < -0.3 is 14.6 Å². The minimum atomic E-state index is -2.93. The Kier molecular flexibility index (Phi) is 6.11. The first-order chi connectivity index (χ1) is 12.6. The summed E-state index contributed by atoms with van der Waals surface area (Å²) >= 11 is -2.93. The van der Waals surface area contributed by atoms with E-state index in [2.05, 4.69) is 10.5 Å². The van der Waals surface area contributed by atoms with Gasteiger partial charge in [0.25, 0.3) is 5.91 Å². The summed E-state index contributed by atoms with van der Waals surface area (Å²) in [6.45, 7) is 4.62. The van der Waals surface area contributed by atoms with Crippen LogP contribution in [0.15, 0.2) is 29.4 Å². The largest absolute Gasteiger partial charge is 0.772 e. The summed E-state index contributed by atoms with van der Waals surface area (Å²) in [5.41, 5.74) is 3.45. The number of hydrogen-bond acceptors (Lipinski definition) is 6. The van der Waals surface area contributed by atoms with E-state index < -0.39 is 45.7 Å². The van der Waals surface area contributed by atoms with Crippen molar-refractivity contribution in [3.05, 3.63) is 35.4 Å². The molecule has 9 nitrogen and oxygen atoms in total. The van der Waals surface area contributed by atoms with Gasteiger partial charge in [0.05, 0.1) is 4.75 Å². The highest BCUT2D eigenvalue weighted by Crippen LogP contribution is 2.30. The van der Waals surface area contributed by atoms with Gasteiger partial charge in [-0.05, 0) is 44.0 Å². The second-order valence-corrected chi connectivity index (χ2v) is 7.93. The summed E-state index contributed by atoms with van der Waals surface area (Å²) in [5.74, 6) is -2.51. The van der Waals surface area contributed by atoms with Crippen molar-refractivity contribution in [3.63, 3.8) is 0 Å². The van der Waals surface area contributed by atoms with Gasteiger partial charge in [0, 0.05) is 24.2 Å². The zero-order valence-electron chi connectivity index (χ0n) is 15.0. The fourth-order valence-electron chi connectivity index (χ4n) is 2.82. The molecule has 1 aromatic carbocycles. The van der Waals surface area contributed by atoms with Crippen molar-refractivity contribution in [2.24, 2.45) is 5.10 Å². The van der Waals surface area contributed by atoms with Crippen LogP contribution in [0.25, 0.3) is 0 Å². The van der Waals surface area contributed by atoms with Crippen molar-refractivity contribution >= 4 is 35.1 Å². The number of carbonyl (C=O) groups excluding carboxylic acids is 2. The van der Waals surface area contributed by atoms with E-state index >= 15 is 0 Å². The number of amides is 2. The molecule has 0 bridgehead atoms. The van der Waals surface area contributed by atoms with E-state index in [4.69, 9.17) is 0 Å². The minimum Gasteiger partial charge on any atom is -0.772 e. The molecule has 27 heavy (non-hydrogen) atoms. The third-order valence-corrected chi connectivity index (χ3v) is 5.49. The third kappa shape index (κ3) is 4.22. The number of benzene rings is 1. The number of nitrogens with zero attached hydrogens (tertiary/aromatic N) is 2. The van der Waals surface area contributed by atoms with Crippen LogP contribution in [0.3, 0.4) is 0 Å². The lowest BCUT2D eigenvalue weighted by atomic mass is 9.92. The predicted molar refractivity (Wildman–Crippen MR) is 96.8 cm³/mol. The number of likely N-dealkylation sites (tertiary alicyclic amines) is 1. The molecule has 4 atom stereocenters. The molecule has 10 heteroatoms. The molecule has 2 amide bonds. The predicted octanol–water partition coefficient (Wildman–Crippen LogP) is 0.422. The number of β-lactam (4-membered cyclic amide) rings is 1. The van der Waals surface area contributed by atoms with Crippen molar-refractivity contribution in [2.45, 2.75) is 44.0 Å². The topological polar surface area (TPSA) is 139 Å². The molecule has 1 unspecified atom stereocenters. The molecule has 2 rings (SSSR count). The molecule has 2 N–H and O–H groups in total. The van der Waals surface area contributed by atoms with Crippen LogP contribution in [-0.4, -0.2) is 59.6 Å². The van der Waals surface area contributed by atoms with Crippen LogP contribution in [-0.2, 0) is 20.7 Å². The maximum atomic E-state index is 12.1. The summed E-state index contributed by atoms with van der Waals surface area (Å²) in [7, 11) is 0. The average molecular weight is 394 g/mol. The first-order valence-corrected chi connectivity index (χ1v) is 9.20. The first kappa shape index (κ1) is 20.7. The quantitative estimate of drug-likeness (QED) is 0.297. The summed E-state index contributed by atoms with van der Waals surface area (Å²) in [5, 5.41) is 13.2. The lowest BCUT2D eigenvalue weighted by molar-refractivity contribution is -0.161. The average Bonchev–Trinajstić information content (AvgIpc) is 2.59. The van der Waals surface area contributed by atoms with Crippen LogP contribution >= 0.6 is 0 Å². The summed E-state index contributed by atoms with van der Waals surface area (Å²) in [4.78, 5) is 36.6. The van der Waals surface area contributed by atoms with Gasteiger partial charge >= 0.3 is 5.97 Å². The van der Waals surface area contributed by atoms with E-state index in [-0.39, 0.29) is 6.42 Å². The Labute approximate surface area is 158 Å². The molecule has 1 aliphatic heterocycles. The normalized spacial score (nSPS) is 21.3. The van der Waals surface area contributed by atoms with E-state index in [1.54, 1.807) is 31.2 Å². The number of nitrogens with one attached hydrogen (secondary N) is 1. The number of carboxylic acids is 1. The Hall–Kier alpha value is -2.59. The highest BCUT2D eigenvalue weighted by atomic mass is 32.2. The Morgan fingerprint density at radius 2 is 2.04 bits per heavy atom. The lowest BCUT2D eigenvalue weighted by Crippen LogP contribution is -2.67. The van der Waals surface area contributed by atoms with Gasteiger partial charge in [-0.25, -0.2) is 10.2 Å². The smallest absolute Gasteiger partial charge is 0.328 e. The second kappa shape index (κ2) is 7.97. The van der Waals surface area contributed by atoms with Gasteiger partial charge in [0.1, 0.15) is 0 Å². The molecule has 0 aromatic heterocycles. The van der Waals surface area contributed by atoms with E-state index in [1.165, 1.54) is 0 Å². The van der Waals surface area contributed by atoms with Crippen LogP contribution in [0.1, 0.15) is 36.2 Å². The fraction of sp³-hybridized carbons (Fsp3) is 0.412. The molecule has 1 aliphatic rings. The van der Waals surface area contributed by atoms with Gasteiger partial charge in [-0.15, -0.1) is 0 Å². The first-order valence-electron chi connectivity index (χ1n) is 8.12. The molecular formula is C17H20N3O6S-. The van der Waals surface area contributed by atoms with Crippen LogP contribution in [0.2, 0.25) is 0 Å². The van der Waals surface area contributed by atoms with Crippen molar-refractivity contribution in [3.8, 4) is 0 Å². The summed E-state index contributed by atoms with van der Waals surface area (Å²) in [6.07, 6.45) is 0.978. The van der Waals surface area contributed by atoms with Crippen LogP contribution in [0.4, 0.5) is 0 Å². The van der Waals surface area contributed by atoms with Gasteiger partial charge in [0.15, 0.2) is 6.04 Å². The fourth-order valence-corrected chi connectivity index (χ4v) is 3.36. The number of aryl methyl sites for hydroxylation is 1. The molecule has 0 saturated carbocycles. The molecule has 1 fully saturated rings. The van der Waals surface area contributed by atoms with Crippen LogP contribution in [0.5, 0.6) is 0 Å². The Bertz CT molecular complexity index is 809. The third-order valence-electron chi connectivity index (χ3n) is 4.45. The molecule has 0 spiro atoms. The van der Waals surface area contributed by atoms with E-state index in [1.807, 2.05) is 6.92 Å². The molecule has 1 heterocycles. The molecule has 0 aliphatic carbocycles. The van der Waals surface area contributed by atoms with E-state index in [9.17, 15) is 28.3 Å². The summed E-state index contributed by atoms with van der Waals surface area (Å²) < 4.78 is 21.6. The highest BCUT2D eigenvalue weighted by Gasteiger charge is 2.51. The number of hydrazone groups is 1. The standard InChI is InChI=1S/C17H21N3O6S/c1-10-4-6-12(7-5-10)15(22)19-18-9-17(3,27(25)26)14(16(23)24)20-11(2)8-13(20)21/h4-7,9,11,14H,8H2,1-3H3,(H,19,22)(H,23,24)(H,25,26)/p-1/b18-9+/t11-,14+,17+/m1/s1. The Balaban J connectivity index is 2.23. The van der Waals surface area contributed by atoms with Crippen LogP contribution < -0.4 is 5.43 Å². The summed E-state index contributed by atoms with van der Waals surface area (Å²) in [6, 6.07) is 4.54. The molecular weight excluding hydrogens is 374 g/mol. The maximum absolute atomic E-state index is 12.1. The number of hydrogen-bond donors (Lipinski definition) is 2. The molecule has 146 valence electrons. The van der Waals surface area contributed by atoms with Crippen molar-refractivity contribution in [1.29, 1.82) is 0 Å². The Morgan fingerprint density at radius 1 is 1.44 bits per heavy atom. The SMILES string of the molecule is Cc1ccc(C(=O)N/N=C/[C@@](C)([C@H](C(=O)O)N2C(=O)C[C@H]2C)S(=O)[O-])cc1. The van der Waals surface area contributed by atoms with E-state index in [0.29, 0.717) is 5.56 Å². The minimum absolute atomic E-state index is 0.145. The highest BCUT2D eigenvalue weighted by molar-refractivity contribution is 7.81. The molecule has 1 saturated heterocycles. The number of aliphatic carboxylic acids is 1. The molecule has 0 radical (unpaired) electrons. The van der Waals surface area contributed by atoms with Crippen LogP contribution in [0, 0.1) is 6.92 Å². The second-order valence-electron chi connectivity index (χ2n) is 6.58. The number of carbonyl (C=O) groups is 3. The van der Waals surface area contributed by atoms with Crippen molar-refractivity contribution in [1.82, 2.24) is 10.3 Å². The van der Waals surface area contributed by atoms with Crippen molar-refractivity contribution in [2.75, 3.05) is 0 Å². The number of carboxylic acid groups (broad SMARTS) is 1. The Morgan fingerprint density at radius 3 is 2.48 bits per heavy atom. The van der Waals surface area contributed by atoms with E-state index in [0.717, 1.165) is 23.6 Å². The van der Waals surface area contributed by atoms with Gasteiger partial charge in [0.2, 0.25) is 5.91 Å². The van der Waals surface area contributed by atoms with Crippen molar-refractivity contribution < 1.29 is 28.3 Å². The zero-order valence-corrected chi connectivity index (χ0v) is 15.9. The van der Waals surface area contributed by atoms with Gasteiger partial charge in [-0.3, -0.25) is 13.8 Å². The van der Waals surface area contributed by atoms with Gasteiger partial charge in [-0.2, -0.15) is 5.10 Å². The monoisotopic (exact) mass is 394 g/mol. The maximum Gasteiger partial charge on any atom is 0.328 e. The number of rotatable bonds is 7. The van der Waals surface area contributed by atoms with Gasteiger partial charge in [-0.1, -0.05) is 17.7 Å². The lowest BCUT2D eigenvalue weighted by Gasteiger charge is -2.48. The zero-order chi connectivity index (χ0) is 20.4.